The summed E-state index contributed by atoms with van der Waals surface area (Å²) in [6.45, 7) is 1.28. The van der Waals surface area contributed by atoms with Gasteiger partial charge in [-0.1, -0.05) is 30.0 Å². The van der Waals surface area contributed by atoms with Gasteiger partial charge in [0.15, 0.2) is 0 Å². The number of hydrogen-bond acceptors (Lipinski definition) is 6. The van der Waals surface area contributed by atoms with Crippen molar-refractivity contribution in [3.05, 3.63) is 62.8 Å². The summed E-state index contributed by atoms with van der Waals surface area (Å²) in [6.07, 6.45) is 0.365. The summed E-state index contributed by atoms with van der Waals surface area (Å²) in [5.74, 6) is 1.58. The van der Waals surface area contributed by atoms with Crippen LogP contribution in [0.25, 0.3) is 0 Å². The molecule has 0 unspecified atom stereocenters. The minimum atomic E-state index is -0.102. The Morgan fingerprint density at radius 1 is 1.30 bits per heavy atom. The summed E-state index contributed by atoms with van der Waals surface area (Å²) in [6, 6.07) is 14.3. The zero-order chi connectivity index (χ0) is 18.8. The number of carbonyl (C=O) groups excluding carboxylic acids is 1. The van der Waals surface area contributed by atoms with Crippen LogP contribution in [0.3, 0.4) is 0 Å². The number of amides is 1. The number of fused-ring (bicyclic) bond motifs is 1. The molecule has 0 N–H and O–H groups in total. The monoisotopic (exact) mass is 397 g/mol. The van der Waals surface area contributed by atoms with Crippen molar-refractivity contribution in [2.45, 2.75) is 18.9 Å². The average molecular weight is 398 g/mol. The first-order valence-corrected chi connectivity index (χ1v) is 10.5. The standard InChI is InChI=1S/C20H19N3O2S2/c1-25-15-6-4-14(5-7-15)11-22-12-23-19(24)9-16(18-3-2-8-26-18)17(10-21)20(23)27-13-22/h2-8,16H,9,11-13H2,1H3/t16-/m0/s1. The molecule has 1 amide bonds. The lowest BCUT2D eigenvalue weighted by molar-refractivity contribution is -0.131. The molecule has 0 bridgehead atoms. The molecule has 1 aromatic heterocycles. The molecule has 4 rings (SSSR count). The van der Waals surface area contributed by atoms with Crippen LogP contribution in [0.5, 0.6) is 5.75 Å². The van der Waals surface area contributed by atoms with Gasteiger partial charge in [-0.2, -0.15) is 5.26 Å². The number of nitrogens with zero attached hydrogens (tertiary/aromatic N) is 3. The van der Waals surface area contributed by atoms with E-state index in [4.69, 9.17) is 4.74 Å². The molecule has 3 heterocycles. The van der Waals surface area contributed by atoms with Gasteiger partial charge < -0.3 is 4.74 Å². The molecule has 1 aromatic carbocycles. The van der Waals surface area contributed by atoms with Crippen LogP contribution in [0.15, 0.2) is 52.4 Å². The van der Waals surface area contributed by atoms with Crippen LogP contribution < -0.4 is 4.74 Å². The molecule has 1 saturated heterocycles. The van der Waals surface area contributed by atoms with Crippen molar-refractivity contribution in [3.8, 4) is 11.8 Å². The van der Waals surface area contributed by atoms with E-state index in [1.54, 1.807) is 35.1 Å². The minimum Gasteiger partial charge on any atom is -0.497 e. The van der Waals surface area contributed by atoms with Crippen molar-refractivity contribution < 1.29 is 9.53 Å². The molecular formula is C20H19N3O2S2. The third kappa shape index (κ3) is 3.61. The fourth-order valence-corrected chi connectivity index (χ4v) is 5.40. The molecule has 5 nitrogen and oxygen atoms in total. The van der Waals surface area contributed by atoms with Gasteiger partial charge in [0.2, 0.25) is 5.91 Å². The predicted octanol–water partition coefficient (Wildman–Crippen LogP) is 3.97. The second kappa shape index (κ2) is 7.77. The van der Waals surface area contributed by atoms with E-state index < -0.39 is 0 Å². The number of ether oxygens (including phenoxy) is 1. The van der Waals surface area contributed by atoms with E-state index in [0.29, 0.717) is 13.1 Å². The number of methoxy groups -OCH3 is 1. The van der Waals surface area contributed by atoms with Crippen molar-refractivity contribution in [2.24, 2.45) is 0 Å². The van der Waals surface area contributed by atoms with Crippen molar-refractivity contribution >= 4 is 29.0 Å². The number of carbonyl (C=O) groups is 1. The van der Waals surface area contributed by atoms with Gasteiger partial charge in [0.25, 0.3) is 0 Å². The molecule has 2 aliphatic heterocycles. The molecule has 0 saturated carbocycles. The third-order valence-corrected chi connectivity index (χ3v) is 7.00. The van der Waals surface area contributed by atoms with Crippen LogP contribution in [-0.4, -0.2) is 35.4 Å². The average Bonchev–Trinajstić information content (AvgIpc) is 3.23. The normalized spacial score (nSPS) is 20.4. The second-order valence-corrected chi connectivity index (χ2v) is 8.43. The lowest BCUT2D eigenvalue weighted by atomic mass is 9.92. The molecule has 2 aromatic rings. The zero-order valence-corrected chi connectivity index (χ0v) is 16.6. The summed E-state index contributed by atoms with van der Waals surface area (Å²) in [4.78, 5) is 17.9. The fourth-order valence-electron chi connectivity index (χ4n) is 3.43. The zero-order valence-electron chi connectivity index (χ0n) is 14.9. The molecule has 1 atom stereocenters. The summed E-state index contributed by atoms with van der Waals surface area (Å²) in [7, 11) is 1.66. The van der Waals surface area contributed by atoms with Crippen LogP contribution in [0.1, 0.15) is 22.8 Å². The van der Waals surface area contributed by atoms with Crippen LogP contribution in [0, 0.1) is 11.3 Å². The smallest absolute Gasteiger partial charge is 0.229 e. The van der Waals surface area contributed by atoms with E-state index >= 15 is 0 Å². The van der Waals surface area contributed by atoms with Crippen molar-refractivity contribution in [1.29, 1.82) is 5.26 Å². The first-order chi connectivity index (χ1) is 13.2. The number of thioether (sulfide) groups is 1. The Hall–Kier alpha value is -2.27. The van der Waals surface area contributed by atoms with Crippen LogP contribution in [0.4, 0.5) is 0 Å². The van der Waals surface area contributed by atoms with Crippen LogP contribution >= 0.6 is 23.1 Å². The SMILES string of the molecule is COc1ccc(CN2CSC3=C(C#N)[C@@H](c4cccs4)CC(=O)N3C2)cc1. The maximum Gasteiger partial charge on any atom is 0.229 e. The Bertz CT molecular complexity index is 900. The number of allylic oxidation sites excluding steroid dienone is 1. The summed E-state index contributed by atoms with van der Waals surface area (Å²) in [5, 5.41) is 12.6. The number of nitriles is 1. The first-order valence-electron chi connectivity index (χ1n) is 8.65. The van der Waals surface area contributed by atoms with E-state index in [2.05, 4.69) is 11.0 Å². The maximum absolute atomic E-state index is 12.8. The van der Waals surface area contributed by atoms with Gasteiger partial charge in [-0.25, -0.2) is 0 Å². The highest BCUT2D eigenvalue weighted by Gasteiger charge is 2.38. The van der Waals surface area contributed by atoms with Gasteiger partial charge in [0.1, 0.15) is 5.75 Å². The molecule has 1 fully saturated rings. The van der Waals surface area contributed by atoms with Gasteiger partial charge >= 0.3 is 0 Å². The molecule has 0 radical (unpaired) electrons. The molecule has 2 aliphatic rings. The Morgan fingerprint density at radius 2 is 2.11 bits per heavy atom. The Labute approximate surface area is 166 Å². The maximum atomic E-state index is 12.8. The number of thiophene rings is 1. The van der Waals surface area contributed by atoms with Gasteiger partial charge in [0.05, 0.1) is 36.3 Å². The summed E-state index contributed by atoms with van der Waals surface area (Å²) >= 11 is 3.20. The van der Waals surface area contributed by atoms with E-state index in [9.17, 15) is 10.1 Å². The molecule has 0 aliphatic carbocycles. The fraction of sp³-hybridized carbons (Fsp3) is 0.300. The second-order valence-electron chi connectivity index (χ2n) is 6.52. The number of rotatable bonds is 4. The van der Waals surface area contributed by atoms with Crippen LogP contribution in [0.2, 0.25) is 0 Å². The molecule has 138 valence electrons. The number of hydrogen-bond donors (Lipinski definition) is 0. The highest BCUT2D eigenvalue weighted by molar-refractivity contribution is 8.03. The number of benzene rings is 1. The first kappa shape index (κ1) is 18.1. The highest BCUT2D eigenvalue weighted by Crippen LogP contribution is 2.43. The Kier molecular flexibility index (Phi) is 5.21. The molecule has 0 spiro atoms. The van der Waals surface area contributed by atoms with Crippen molar-refractivity contribution in [2.75, 3.05) is 19.7 Å². The summed E-state index contributed by atoms with van der Waals surface area (Å²) in [5.41, 5.74) is 1.90. The molecule has 7 heteroatoms. The van der Waals surface area contributed by atoms with Gasteiger partial charge in [0, 0.05) is 23.8 Å². The van der Waals surface area contributed by atoms with Gasteiger partial charge in [-0.3, -0.25) is 14.6 Å². The lowest BCUT2D eigenvalue weighted by Gasteiger charge is -2.41. The predicted molar refractivity (Wildman–Crippen MR) is 107 cm³/mol. The molecule has 27 heavy (non-hydrogen) atoms. The minimum absolute atomic E-state index is 0.0920. The van der Waals surface area contributed by atoms with Crippen LogP contribution in [-0.2, 0) is 11.3 Å². The van der Waals surface area contributed by atoms with Gasteiger partial charge in [-0.15, -0.1) is 11.3 Å². The topological polar surface area (TPSA) is 56.6 Å². The largest absolute Gasteiger partial charge is 0.497 e. The summed E-state index contributed by atoms with van der Waals surface area (Å²) < 4.78 is 5.20. The third-order valence-electron chi connectivity index (χ3n) is 4.80. The van der Waals surface area contributed by atoms with Crippen molar-refractivity contribution in [1.82, 2.24) is 9.80 Å². The van der Waals surface area contributed by atoms with E-state index in [0.717, 1.165) is 33.7 Å². The quantitative estimate of drug-likeness (QED) is 0.781. The van der Waals surface area contributed by atoms with E-state index in [1.807, 2.05) is 41.8 Å². The highest BCUT2D eigenvalue weighted by atomic mass is 32.2. The van der Waals surface area contributed by atoms with Gasteiger partial charge in [-0.05, 0) is 29.1 Å². The van der Waals surface area contributed by atoms with E-state index in [1.165, 1.54) is 5.56 Å². The molecular weight excluding hydrogens is 378 g/mol. The Morgan fingerprint density at radius 3 is 2.78 bits per heavy atom. The van der Waals surface area contributed by atoms with E-state index in [-0.39, 0.29) is 11.8 Å². The Balaban J connectivity index is 1.53. The lowest BCUT2D eigenvalue weighted by Crippen LogP contribution is -2.46. The van der Waals surface area contributed by atoms with Crippen molar-refractivity contribution in [3.63, 3.8) is 0 Å².